The molecule has 0 amide bonds. The molecular weight excluding hydrogens is 210 g/mol. The number of hydrogen-bond donors (Lipinski definition) is 1. The van der Waals surface area contributed by atoms with Crippen LogP contribution in [0.5, 0.6) is 0 Å². The Hall–Kier alpha value is -2.22. The highest BCUT2D eigenvalue weighted by Crippen LogP contribution is 2.02. The van der Waals surface area contributed by atoms with Crippen molar-refractivity contribution in [3.05, 3.63) is 23.5 Å². The zero-order valence-electron chi connectivity index (χ0n) is 8.99. The maximum absolute atomic E-state index is 11.1. The fourth-order valence-corrected chi connectivity index (χ4v) is 0.985. The molecule has 0 aliphatic heterocycles. The highest BCUT2D eigenvalue weighted by Gasteiger charge is 2.06. The van der Waals surface area contributed by atoms with Gasteiger partial charge >= 0.3 is 11.9 Å². The molecule has 0 bridgehead atoms. The lowest BCUT2D eigenvalue weighted by Gasteiger charge is -1.91. The first kappa shape index (κ1) is 11.9. The summed E-state index contributed by atoms with van der Waals surface area (Å²) in [6.07, 6.45) is 1.51. The second-order valence-corrected chi connectivity index (χ2v) is 2.76. The molecule has 1 N–H and O–H groups in total. The normalized spacial score (nSPS) is 8.88. The van der Waals surface area contributed by atoms with Crippen LogP contribution in [0.25, 0.3) is 0 Å². The fraction of sp³-hybridized carbons (Fsp3) is 0.273. The highest BCUT2D eigenvalue weighted by atomic mass is 16.5. The Morgan fingerprint density at radius 2 is 2.25 bits per heavy atom. The molecule has 0 spiro atoms. The van der Waals surface area contributed by atoms with Crippen molar-refractivity contribution >= 4 is 11.9 Å². The Balaban J connectivity index is 2.72. The number of rotatable bonds is 2. The van der Waals surface area contributed by atoms with Gasteiger partial charge in [-0.2, -0.15) is 0 Å². The monoisotopic (exact) mass is 221 g/mol. The first-order valence-corrected chi connectivity index (χ1v) is 4.63. The van der Waals surface area contributed by atoms with Gasteiger partial charge in [-0.05, 0) is 13.0 Å². The third kappa shape index (κ3) is 3.17. The quantitative estimate of drug-likeness (QED) is 0.590. The van der Waals surface area contributed by atoms with Gasteiger partial charge in [-0.3, -0.25) is 0 Å². The number of carbonyl (C=O) groups excluding carboxylic acids is 2. The SMILES string of the molecule is CCOC(=O)C#Cc1c[nH]c(C(=O)OC)c1. The lowest BCUT2D eigenvalue weighted by atomic mass is 10.3. The third-order valence-corrected chi connectivity index (χ3v) is 1.67. The molecule has 84 valence electrons. The molecule has 0 saturated carbocycles. The number of ether oxygens (including phenoxy) is 2. The molecule has 0 aromatic carbocycles. The summed E-state index contributed by atoms with van der Waals surface area (Å²) in [6, 6.07) is 1.50. The molecule has 16 heavy (non-hydrogen) atoms. The van der Waals surface area contributed by atoms with Gasteiger partial charge in [0.15, 0.2) is 0 Å². The first-order valence-electron chi connectivity index (χ1n) is 4.63. The molecule has 0 fully saturated rings. The Morgan fingerprint density at radius 1 is 1.50 bits per heavy atom. The number of aromatic amines is 1. The average molecular weight is 221 g/mol. The van der Waals surface area contributed by atoms with Crippen molar-refractivity contribution in [1.82, 2.24) is 4.98 Å². The maximum atomic E-state index is 11.1. The van der Waals surface area contributed by atoms with Gasteiger partial charge in [0.05, 0.1) is 13.7 Å². The number of aromatic nitrogens is 1. The van der Waals surface area contributed by atoms with Gasteiger partial charge in [0.1, 0.15) is 5.69 Å². The Kier molecular flexibility index (Phi) is 4.16. The number of carbonyl (C=O) groups is 2. The third-order valence-electron chi connectivity index (χ3n) is 1.67. The van der Waals surface area contributed by atoms with E-state index in [-0.39, 0.29) is 12.3 Å². The molecule has 0 unspecified atom stereocenters. The predicted octanol–water partition coefficient (Wildman–Crippen LogP) is 0.716. The van der Waals surface area contributed by atoms with Crippen LogP contribution in [0.15, 0.2) is 12.3 Å². The molecule has 0 saturated heterocycles. The predicted molar refractivity (Wildman–Crippen MR) is 55.6 cm³/mol. The van der Waals surface area contributed by atoms with E-state index < -0.39 is 11.9 Å². The molecule has 5 heteroatoms. The number of H-pyrrole nitrogens is 1. The lowest BCUT2D eigenvalue weighted by molar-refractivity contribution is -0.136. The van der Waals surface area contributed by atoms with Crippen LogP contribution < -0.4 is 0 Å². The van der Waals surface area contributed by atoms with Gasteiger partial charge in [-0.25, -0.2) is 9.59 Å². The summed E-state index contributed by atoms with van der Waals surface area (Å²) in [5, 5.41) is 0. The van der Waals surface area contributed by atoms with E-state index in [1.165, 1.54) is 19.4 Å². The van der Waals surface area contributed by atoms with Crippen LogP contribution in [0.1, 0.15) is 23.0 Å². The van der Waals surface area contributed by atoms with Gasteiger partial charge in [-0.1, -0.05) is 5.92 Å². The number of hydrogen-bond acceptors (Lipinski definition) is 4. The van der Waals surface area contributed by atoms with Crippen molar-refractivity contribution in [3.63, 3.8) is 0 Å². The van der Waals surface area contributed by atoms with E-state index in [0.29, 0.717) is 5.56 Å². The van der Waals surface area contributed by atoms with Gasteiger partial charge in [0.2, 0.25) is 0 Å². The van der Waals surface area contributed by atoms with Crippen LogP contribution in [-0.4, -0.2) is 30.6 Å². The second kappa shape index (κ2) is 5.61. The van der Waals surface area contributed by atoms with Crippen molar-refractivity contribution < 1.29 is 19.1 Å². The van der Waals surface area contributed by atoms with Crippen molar-refractivity contribution in [1.29, 1.82) is 0 Å². The minimum atomic E-state index is -0.594. The zero-order valence-corrected chi connectivity index (χ0v) is 8.99. The lowest BCUT2D eigenvalue weighted by Crippen LogP contribution is -2.00. The molecule has 1 heterocycles. The van der Waals surface area contributed by atoms with Gasteiger partial charge in [-0.15, -0.1) is 0 Å². The van der Waals surface area contributed by atoms with Crippen molar-refractivity contribution in [2.24, 2.45) is 0 Å². The van der Waals surface area contributed by atoms with Crippen LogP contribution in [0, 0.1) is 11.8 Å². The summed E-state index contributed by atoms with van der Waals surface area (Å²) >= 11 is 0. The van der Waals surface area contributed by atoms with Crippen molar-refractivity contribution in [2.45, 2.75) is 6.92 Å². The van der Waals surface area contributed by atoms with Crippen LogP contribution >= 0.6 is 0 Å². The number of esters is 2. The molecule has 0 atom stereocenters. The number of methoxy groups -OCH3 is 1. The van der Waals surface area contributed by atoms with Gasteiger partial charge < -0.3 is 14.5 Å². The largest absolute Gasteiger partial charge is 0.464 e. The van der Waals surface area contributed by atoms with E-state index in [9.17, 15) is 9.59 Å². The van der Waals surface area contributed by atoms with E-state index in [4.69, 9.17) is 0 Å². The zero-order chi connectivity index (χ0) is 12.0. The van der Waals surface area contributed by atoms with Gasteiger partial charge in [0, 0.05) is 17.7 Å². The van der Waals surface area contributed by atoms with Crippen LogP contribution in [-0.2, 0) is 14.3 Å². The maximum Gasteiger partial charge on any atom is 0.384 e. The minimum Gasteiger partial charge on any atom is -0.464 e. The highest BCUT2D eigenvalue weighted by molar-refractivity contribution is 5.90. The molecule has 1 aromatic heterocycles. The van der Waals surface area contributed by atoms with Gasteiger partial charge in [0.25, 0.3) is 0 Å². The summed E-state index contributed by atoms with van der Waals surface area (Å²) in [4.78, 5) is 24.7. The fourth-order valence-electron chi connectivity index (χ4n) is 0.985. The van der Waals surface area contributed by atoms with E-state index in [2.05, 4.69) is 26.3 Å². The van der Waals surface area contributed by atoms with E-state index in [1.807, 2.05) is 0 Å². The number of nitrogens with one attached hydrogen (secondary N) is 1. The van der Waals surface area contributed by atoms with Crippen LogP contribution in [0.3, 0.4) is 0 Å². The second-order valence-electron chi connectivity index (χ2n) is 2.76. The molecule has 0 radical (unpaired) electrons. The summed E-state index contributed by atoms with van der Waals surface area (Å²) in [7, 11) is 1.28. The summed E-state index contributed by atoms with van der Waals surface area (Å²) < 4.78 is 9.13. The van der Waals surface area contributed by atoms with Crippen molar-refractivity contribution in [2.75, 3.05) is 13.7 Å². The van der Waals surface area contributed by atoms with Crippen LogP contribution in [0.2, 0.25) is 0 Å². The van der Waals surface area contributed by atoms with Crippen LogP contribution in [0.4, 0.5) is 0 Å². The summed E-state index contributed by atoms with van der Waals surface area (Å²) in [6.45, 7) is 1.99. The smallest absolute Gasteiger partial charge is 0.384 e. The standard InChI is InChI=1S/C11H11NO4/c1-3-16-10(13)5-4-8-6-9(12-7-8)11(14)15-2/h6-7,12H,3H2,1-2H3. The summed E-state index contributed by atoms with van der Waals surface area (Å²) in [5.74, 6) is 3.78. The molecule has 5 nitrogen and oxygen atoms in total. The molecular formula is C11H11NO4. The Labute approximate surface area is 92.7 Å². The van der Waals surface area contributed by atoms with Crippen molar-refractivity contribution in [3.8, 4) is 11.8 Å². The Morgan fingerprint density at radius 3 is 2.88 bits per heavy atom. The Bertz CT molecular complexity index is 450. The topological polar surface area (TPSA) is 68.4 Å². The molecule has 0 aliphatic rings. The summed E-state index contributed by atoms with van der Waals surface area (Å²) in [5.41, 5.74) is 0.809. The minimum absolute atomic E-state index is 0.286. The van der Waals surface area contributed by atoms with E-state index in [1.54, 1.807) is 6.92 Å². The van der Waals surface area contributed by atoms with E-state index >= 15 is 0 Å². The first-order chi connectivity index (χ1) is 7.67. The average Bonchev–Trinajstić information content (AvgIpc) is 2.74. The van der Waals surface area contributed by atoms with E-state index in [0.717, 1.165) is 0 Å². The molecule has 1 aromatic rings. The molecule has 1 rings (SSSR count). The molecule has 0 aliphatic carbocycles.